The second-order valence-electron chi connectivity index (χ2n) is 8.43. The van der Waals surface area contributed by atoms with Gasteiger partial charge >= 0.3 is 0 Å². The molecule has 0 spiro atoms. The van der Waals surface area contributed by atoms with Gasteiger partial charge in [0.15, 0.2) is 0 Å². The Bertz CT molecular complexity index is 814. The molecular formula is C21H28N4O3. The Kier molecular flexibility index (Phi) is 4.97. The van der Waals surface area contributed by atoms with Crippen molar-refractivity contribution in [2.24, 2.45) is 0 Å². The van der Waals surface area contributed by atoms with Crippen molar-refractivity contribution < 1.29 is 14.4 Å². The molecular weight excluding hydrogens is 356 g/mol. The molecule has 7 heteroatoms. The molecule has 3 amide bonds. The van der Waals surface area contributed by atoms with E-state index in [1.807, 2.05) is 19.2 Å². The highest BCUT2D eigenvalue weighted by atomic mass is 16.2. The Morgan fingerprint density at radius 2 is 1.96 bits per heavy atom. The van der Waals surface area contributed by atoms with Gasteiger partial charge in [0.05, 0.1) is 0 Å². The lowest BCUT2D eigenvalue weighted by Gasteiger charge is -2.39. The number of carbonyl (C=O) groups excluding carboxylic acids is 3. The van der Waals surface area contributed by atoms with Crippen LogP contribution in [0, 0.1) is 0 Å². The maximum absolute atomic E-state index is 12.9. The third kappa shape index (κ3) is 3.44. The molecule has 1 aromatic rings. The van der Waals surface area contributed by atoms with E-state index in [1.165, 1.54) is 0 Å². The van der Waals surface area contributed by atoms with Crippen molar-refractivity contribution in [3.63, 3.8) is 0 Å². The Balaban J connectivity index is 1.49. The van der Waals surface area contributed by atoms with Gasteiger partial charge in [0.2, 0.25) is 11.8 Å². The number of fused-ring (bicyclic) bond motifs is 1. The number of likely N-dealkylation sites (tertiary alicyclic amines) is 1. The van der Waals surface area contributed by atoms with Crippen LogP contribution in [-0.2, 0) is 22.7 Å². The number of benzene rings is 1. The Morgan fingerprint density at radius 1 is 1.21 bits per heavy atom. The van der Waals surface area contributed by atoms with E-state index in [-0.39, 0.29) is 29.7 Å². The number of nitrogens with zero attached hydrogens (tertiary/aromatic N) is 2. The number of rotatable bonds is 4. The highest BCUT2D eigenvalue weighted by Crippen LogP contribution is 2.31. The maximum atomic E-state index is 12.9. The average Bonchev–Trinajstić information content (AvgIpc) is 3.02. The molecule has 0 radical (unpaired) electrons. The minimum atomic E-state index is -0.559. The molecule has 0 bridgehead atoms. The first-order chi connectivity index (χ1) is 13.4. The number of nitrogens with one attached hydrogen (secondary N) is 2. The molecule has 0 aromatic heterocycles. The first-order valence-electron chi connectivity index (χ1n) is 10.1. The summed E-state index contributed by atoms with van der Waals surface area (Å²) in [5, 5.41) is 5.78. The molecule has 2 saturated heterocycles. The number of amides is 3. The van der Waals surface area contributed by atoms with Crippen molar-refractivity contribution in [3.8, 4) is 0 Å². The molecule has 0 aliphatic carbocycles. The van der Waals surface area contributed by atoms with Crippen LogP contribution in [0.2, 0.25) is 0 Å². The number of hydrogen-bond acceptors (Lipinski definition) is 5. The zero-order chi connectivity index (χ0) is 19.9. The van der Waals surface area contributed by atoms with Crippen molar-refractivity contribution in [1.82, 2.24) is 20.4 Å². The molecule has 1 unspecified atom stereocenters. The smallest absolute Gasteiger partial charge is 0.255 e. The normalized spacial score (nSPS) is 25.0. The first kappa shape index (κ1) is 19.1. The molecule has 2 N–H and O–H groups in total. The van der Waals surface area contributed by atoms with Gasteiger partial charge in [-0.05, 0) is 50.4 Å². The van der Waals surface area contributed by atoms with Gasteiger partial charge in [-0.2, -0.15) is 0 Å². The van der Waals surface area contributed by atoms with Crippen LogP contribution in [0.1, 0.15) is 54.1 Å². The molecule has 7 nitrogen and oxygen atoms in total. The lowest BCUT2D eigenvalue weighted by atomic mass is 9.89. The van der Waals surface area contributed by atoms with E-state index in [1.54, 1.807) is 4.90 Å². The summed E-state index contributed by atoms with van der Waals surface area (Å²) in [6, 6.07) is 5.31. The maximum Gasteiger partial charge on any atom is 0.255 e. The van der Waals surface area contributed by atoms with Crippen LogP contribution in [0.4, 0.5) is 0 Å². The lowest BCUT2D eigenvalue weighted by Crippen LogP contribution is -2.52. The zero-order valence-corrected chi connectivity index (χ0v) is 16.6. The third-order valence-electron chi connectivity index (χ3n) is 6.64. The van der Waals surface area contributed by atoms with E-state index in [0.717, 1.165) is 43.6 Å². The SMILES string of the molecule is CNC1(C)CCN(Cc2cccc3c2CN(C2CCC(=O)NC2=O)C3=O)CC1. The van der Waals surface area contributed by atoms with Crippen LogP contribution in [0.25, 0.3) is 0 Å². The van der Waals surface area contributed by atoms with Gasteiger partial charge in [0.25, 0.3) is 5.91 Å². The Hall–Kier alpha value is -2.25. The molecule has 150 valence electrons. The van der Waals surface area contributed by atoms with Gasteiger partial charge in [-0.25, -0.2) is 0 Å². The summed E-state index contributed by atoms with van der Waals surface area (Å²) in [6.45, 7) is 5.57. The second kappa shape index (κ2) is 7.29. The van der Waals surface area contributed by atoms with Gasteiger partial charge < -0.3 is 10.2 Å². The molecule has 3 aliphatic rings. The van der Waals surface area contributed by atoms with Crippen LogP contribution >= 0.6 is 0 Å². The van der Waals surface area contributed by atoms with Gasteiger partial charge in [0.1, 0.15) is 6.04 Å². The summed E-state index contributed by atoms with van der Waals surface area (Å²) < 4.78 is 0. The number of carbonyl (C=O) groups is 3. The summed E-state index contributed by atoms with van der Waals surface area (Å²) in [5.41, 5.74) is 3.08. The molecule has 3 aliphatic heterocycles. The quantitative estimate of drug-likeness (QED) is 0.758. The van der Waals surface area contributed by atoms with Gasteiger partial charge in [-0.3, -0.25) is 24.6 Å². The molecule has 3 heterocycles. The first-order valence-corrected chi connectivity index (χ1v) is 10.1. The number of hydrogen-bond donors (Lipinski definition) is 2. The van der Waals surface area contributed by atoms with Crippen LogP contribution in [0.3, 0.4) is 0 Å². The van der Waals surface area contributed by atoms with Crippen LogP contribution in [0.15, 0.2) is 18.2 Å². The van der Waals surface area contributed by atoms with Crippen LogP contribution < -0.4 is 10.6 Å². The molecule has 0 saturated carbocycles. The van der Waals surface area contributed by atoms with Gasteiger partial charge in [0, 0.05) is 43.7 Å². The highest BCUT2D eigenvalue weighted by Gasteiger charge is 2.40. The molecule has 4 rings (SSSR count). The van der Waals surface area contributed by atoms with Crippen LogP contribution in [0.5, 0.6) is 0 Å². The van der Waals surface area contributed by atoms with Gasteiger partial charge in [-0.1, -0.05) is 12.1 Å². The van der Waals surface area contributed by atoms with Crippen molar-refractivity contribution in [2.75, 3.05) is 20.1 Å². The fourth-order valence-electron chi connectivity index (χ4n) is 4.49. The summed E-state index contributed by atoms with van der Waals surface area (Å²) >= 11 is 0. The Labute approximate surface area is 165 Å². The van der Waals surface area contributed by atoms with E-state index >= 15 is 0 Å². The Morgan fingerprint density at radius 3 is 2.64 bits per heavy atom. The number of imide groups is 1. The van der Waals surface area contributed by atoms with Crippen molar-refractivity contribution >= 4 is 17.7 Å². The molecule has 1 atom stereocenters. The fraction of sp³-hybridized carbons (Fsp3) is 0.571. The van der Waals surface area contributed by atoms with E-state index in [4.69, 9.17) is 0 Å². The third-order valence-corrected chi connectivity index (χ3v) is 6.64. The van der Waals surface area contributed by atoms with E-state index < -0.39 is 6.04 Å². The van der Waals surface area contributed by atoms with E-state index in [2.05, 4.69) is 28.5 Å². The van der Waals surface area contributed by atoms with Gasteiger partial charge in [-0.15, -0.1) is 0 Å². The monoisotopic (exact) mass is 384 g/mol. The fourth-order valence-corrected chi connectivity index (χ4v) is 4.49. The molecule has 28 heavy (non-hydrogen) atoms. The molecule has 2 fully saturated rings. The molecule has 1 aromatic carbocycles. The predicted octanol–water partition coefficient (Wildman–Crippen LogP) is 1.02. The topological polar surface area (TPSA) is 81.8 Å². The van der Waals surface area contributed by atoms with E-state index in [9.17, 15) is 14.4 Å². The minimum Gasteiger partial charge on any atom is -0.322 e. The predicted molar refractivity (Wildman–Crippen MR) is 104 cm³/mol. The van der Waals surface area contributed by atoms with E-state index in [0.29, 0.717) is 18.5 Å². The standard InChI is InChI=1S/C21H28N4O3/c1-21(22-2)8-10-24(11-9-21)12-14-4-3-5-15-16(14)13-25(20(15)28)17-6-7-18(26)23-19(17)27/h3-5,17,22H,6-13H2,1-2H3,(H,23,26,27). The summed E-state index contributed by atoms with van der Waals surface area (Å²) in [4.78, 5) is 40.7. The average molecular weight is 384 g/mol. The second-order valence-corrected chi connectivity index (χ2v) is 8.43. The van der Waals surface area contributed by atoms with Crippen molar-refractivity contribution in [1.29, 1.82) is 0 Å². The van der Waals surface area contributed by atoms with Crippen molar-refractivity contribution in [3.05, 3.63) is 34.9 Å². The largest absolute Gasteiger partial charge is 0.322 e. The minimum absolute atomic E-state index is 0.104. The summed E-state index contributed by atoms with van der Waals surface area (Å²) in [7, 11) is 2.02. The van der Waals surface area contributed by atoms with Crippen molar-refractivity contribution in [2.45, 2.75) is 57.3 Å². The zero-order valence-electron chi connectivity index (χ0n) is 16.6. The summed E-state index contributed by atoms with van der Waals surface area (Å²) in [6.07, 6.45) is 2.87. The van der Waals surface area contributed by atoms with Crippen LogP contribution in [-0.4, -0.2) is 59.2 Å². The lowest BCUT2D eigenvalue weighted by molar-refractivity contribution is -0.136. The summed E-state index contributed by atoms with van der Waals surface area (Å²) in [5.74, 6) is -0.723. The highest BCUT2D eigenvalue weighted by molar-refractivity contribution is 6.05. The number of piperidine rings is 2.